The van der Waals surface area contributed by atoms with Crippen LogP contribution in [-0.2, 0) is 4.79 Å². The summed E-state index contributed by atoms with van der Waals surface area (Å²) in [6, 6.07) is 10.0. The van der Waals surface area contributed by atoms with E-state index >= 15 is 0 Å². The van der Waals surface area contributed by atoms with Gasteiger partial charge in [-0.2, -0.15) is 0 Å². The molecule has 3 heteroatoms. The molecule has 112 valence electrons. The molecule has 0 aliphatic rings. The van der Waals surface area contributed by atoms with Gasteiger partial charge in [-0.3, -0.25) is 4.79 Å². The first-order valence-electron chi connectivity index (χ1n) is 7.54. The number of amides is 1. The van der Waals surface area contributed by atoms with E-state index in [0.29, 0.717) is 12.5 Å². The molecule has 20 heavy (non-hydrogen) atoms. The first-order chi connectivity index (χ1) is 9.47. The number of rotatable bonds is 7. The van der Waals surface area contributed by atoms with E-state index in [0.717, 1.165) is 18.4 Å². The molecule has 0 aromatic heterocycles. The summed E-state index contributed by atoms with van der Waals surface area (Å²) in [5.41, 5.74) is 6.56. The van der Waals surface area contributed by atoms with E-state index in [1.807, 2.05) is 44.2 Å². The Kier molecular flexibility index (Phi) is 6.21. The zero-order valence-corrected chi connectivity index (χ0v) is 13.1. The highest BCUT2D eigenvalue weighted by molar-refractivity contribution is 5.84. The minimum atomic E-state index is -0.322. The summed E-state index contributed by atoms with van der Waals surface area (Å²) in [5.74, 6) is 0.273. The molecule has 0 fully saturated rings. The van der Waals surface area contributed by atoms with Crippen molar-refractivity contribution in [1.29, 1.82) is 0 Å². The van der Waals surface area contributed by atoms with Gasteiger partial charge in [0.05, 0.1) is 5.92 Å². The molecule has 0 aliphatic heterocycles. The van der Waals surface area contributed by atoms with Gasteiger partial charge < -0.3 is 11.1 Å². The van der Waals surface area contributed by atoms with Gasteiger partial charge in [-0.25, -0.2) is 0 Å². The lowest BCUT2D eigenvalue weighted by molar-refractivity contribution is -0.125. The first kappa shape index (κ1) is 16.7. The van der Waals surface area contributed by atoms with Gasteiger partial charge in [0.1, 0.15) is 0 Å². The number of hydrogen-bond acceptors (Lipinski definition) is 2. The molecule has 3 atom stereocenters. The molecule has 3 unspecified atom stereocenters. The second kappa shape index (κ2) is 7.44. The molecule has 1 amide bonds. The fourth-order valence-corrected chi connectivity index (χ4v) is 2.29. The topological polar surface area (TPSA) is 55.1 Å². The number of nitrogens with one attached hydrogen (secondary N) is 1. The van der Waals surface area contributed by atoms with Crippen molar-refractivity contribution in [2.45, 2.75) is 52.0 Å². The van der Waals surface area contributed by atoms with Gasteiger partial charge in [0, 0.05) is 12.1 Å². The number of benzene rings is 1. The van der Waals surface area contributed by atoms with Crippen LogP contribution in [0.2, 0.25) is 0 Å². The van der Waals surface area contributed by atoms with Crippen LogP contribution in [0.15, 0.2) is 30.3 Å². The highest BCUT2D eigenvalue weighted by atomic mass is 16.2. The monoisotopic (exact) mass is 276 g/mol. The van der Waals surface area contributed by atoms with Crippen LogP contribution >= 0.6 is 0 Å². The van der Waals surface area contributed by atoms with Crippen LogP contribution in [0, 0.1) is 5.92 Å². The van der Waals surface area contributed by atoms with Crippen molar-refractivity contribution >= 4 is 5.91 Å². The van der Waals surface area contributed by atoms with Gasteiger partial charge in [-0.1, -0.05) is 57.5 Å². The van der Waals surface area contributed by atoms with Crippen LogP contribution in [0.25, 0.3) is 0 Å². The zero-order chi connectivity index (χ0) is 15.2. The molecule has 1 rings (SSSR count). The summed E-state index contributed by atoms with van der Waals surface area (Å²) < 4.78 is 0. The Labute approximate surface area is 122 Å². The molecule has 0 bridgehead atoms. The fourth-order valence-electron chi connectivity index (χ4n) is 2.29. The Bertz CT molecular complexity index is 412. The Morgan fingerprint density at radius 2 is 1.90 bits per heavy atom. The maximum Gasteiger partial charge on any atom is 0.228 e. The molecular formula is C17H28N2O. The molecule has 0 aliphatic carbocycles. The van der Waals surface area contributed by atoms with Gasteiger partial charge in [-0.15, -0.1) is 0 Å². The van der Waals surface area contributed by atoms with Crippen LogP contribution < -0.4 is 11.1 Å². The molecule has 0 saturated carbocycles. The summed E-state index contributed by atoms with van der Waals surface area (Å²) in [6.07, 6.45) is 1.80. The highest BCUT2D eigenvalue weighted by Crippen LogP contribution is 2.28. The van der Waals surface area contributed by atoms with E-state index in [4.69, 9.17) is 5.73 Å². The maximum atomic E-state index is 12.7. The van der Waals surface area contributed by atoms with E-state index in [9.17, 15) is 4.79 Å². The molecule has 1 aromatic rings. The van der Waals surface area contributed by atoms with Gasteiger partial charge >= 0.3 is 0 Å². The molecule has 0 spiro atoms. The summed E-state index contributed by atoms with van der Waals surface area (Å²) in [7, 11) is 0. The van der Waals surface area contributed by atoms with Crippen molar-refractivity contribution in [1.82, 2.24) is 5.32 Å². The molecule has 3 N–H and O–H groups in total. The number of carbonyl (C=O) groups is 1. The molecule has 0 radical (unpaired) electrons. The Hall–Kier alpha value is -1.35. The second-order valence-electron chi connectivity index (χ2n) is 5.88. The summed E-state index contributed by atoms with van der Waals surface area (Å²) in [6.45, 7) is 8.76. The average Bonchev–Trinajstić information content (AvgIpc) is 2.48. The molecule has 0 heterocycles. The smallest absolute Gasteiger partial charge is 0.228 e. The first-order valence-corrected chi connectivity index (χ1v) is 7.54. The van der Waals surface area contributed by atoms with Crippen LogP contribution in [0.1, 0.15) is 52.0 Å². The number of nitrogens with two attached hydrogens (primary N) is 1. The number of carbonyl (C=O) groups excluding carboxylic acids is 1. The predicted octanol–water partition coefficient (Wildman–Crippen LogP) is 3.06. The third kappa shape index (κ3) is 4.07. The van der Waals surface area contributed by atoms with Crippen molar-refractivity contribution in [3.05, 3.63) is 35.9 Å². The molecular weight excluding hydrogens is 248 g/mol. The Morgan fingerprint density at radius 1 is 1.30 bits per heavy atom. The maximum absolute atomic E-state index is 12.7. The quantitative estimate of drug-likeness (QED) is 0.804. The number of hydrogen-bond donors (Lipinski definition) is 2. The molecule has 0 saturated heterocycles. The summed E-state index contributed by atoms with van der Waals surface area (Å²) >= 11 is 0. The van der Waals surface area contributed by atoms with Crippen molar-refractivity contribution in [2.75, 3.05) is 6.54 Å². The third-order valence-corrected chi connectivity index (χ3v) is 4.31. The predicted molar refractivity (Wildman–Crippen MR) is 84.5 cm³/mol. The SMILES string of the molecule is CCC(C)C(C(=O)NC(C)(CC)CN)c1ccccc1. The van der Waals surface area contributed by atoms with Crippen molar-refractivity contribution < 1.29 is 4.79 Å². The highest BCUT2D eigenvalue weighted by Gasteiger charge is 2.30. The lowest BCUT2D eigenvalue weighted by atomic mass is 9.84. The van der Waals surface area contributed by atoms with E-state index in [1.165, 1.54) is 0 Å². The van der Waals surface area contributed by atoms with Crippen molar-refractivity contribution in [3.63, 3.8) is 0 Å². The minimum Gasteiger partial charge on any atom is -0.349 e. The van der Waals surface area contributed by atoms with Gasteiger partial charge in [-0.05, 0) is 24.8 Å². The van der Waals surface area contributed by atoms with Crippen molar-refractivity contribution in [2.24, 2.45) is 11.7 Å². The van der Waals surface area contributed by atoms with Crippen LogP contribution in [0.4, 0.5) is 0 Å². The average molecular weight is 276 g/mol. The van der Waals surface area contributed by atoms with Crippen LogP contribution in [-0.4, -0.2) is 18.0 Å². The fraction of sp³-hybridized carbons (Fsp3) is 0.588. The molecule has 3 nitrogen and oxygen atoms in total. The largest absolute Gasteiger partial charge is 0.349 e. The molecule has 1 aromatic carbocycles. The second-order valence-corrected chi connectivity index (χ2v) is 5.88. The van der Waals surface area contributed by atoms with Gasteiger partial charge in [0.15, 0.2) is 0 Å². The standard InChI is InChI=1S/C17H28N2O/c1-5-13(3)15(14-10-8-7-9-11-14)16(20)19-17(4,6-2)12-18/h7-11,13,15H,5-6,12,18H2,1-4H3,(H,19,20). The van der Waals surface area contributed by atoms with Crippen LogP contribution in [0.3, 0.4) is 0 Å². The van der Waals surface area contributed by atoms with E-state index in [2.05, 4.69) is 19.2 Å². The lowest BCUT2D eigenvalue weighted by Crippen LogP contribution is -2.52. The van der Waals surface area contributed by atoms with Gasteiger partial charge in [0.2, 0.25) is 5.91 Å². The zero-order valence-electron chi connectivity index (χ0n) is 13.1. The summed E-state index contributed by atoms with van der Waals surface area (Å²) in [5, 5.41) is 3.14. The minimum absolute atomic E-state index is 0.0837. The third-order valence-electron chi connectivity index (χ3n) is 4.31. The Morgan fingerprint density at radius 3 is 2.35 bits per heavy atom. The van der Waals surface area contributed by atoms with Crippen molar-refractivity contribution in [3.8, 4) is 0 Å². The normalized spacial score (nSPS) is 17.1. The summed E-state index contributed by atoms with van der Waals surface area (Å²) in [4.78, 5) is 12.7. The van der Waals surface area contributed by atoms with Crippen LogP contribution in [0.5, 0.6) is 0 Å². The lowest BCUT2D eigenvalue weighted by Gasteiger charge is -2.32. The van der Waals surface area contributed by atoms with E-state index < -0.39 is 0 Å². The Balaban J connectivity index is 2.98. The van der Waals surface area contributed by atoms with Gasteiger partial charge in [0.25, 0.3) is 0 Å². The van der Waals surface area contributed by atoms with E-state index in [1.54, 1.807) is 0 Å². The van der Waals surface area contributed by atoms with E-state index in [-0.39, 0.29) is 17.4 Å².